The van der Waals surface area contributed by atoms with E-state index in [-0.39, 0.29) is 17.6 Å². The maximum absolute atomic E-state index is 12.9. The summed E-state index contributed by atoms with van der Waals surface area (Å²) in [5, 5.41) is 0. The minimum atomic E-state index is -0.447. The van der Waals surface area contributed by atoms with Gasteiger partial charge in [-0.25, -0.2) is 9.37 Å². The summed E-state index contributed by atoms with van der Waals surface area (Å²) in [5.74, 6) is -0.644. The van der Waals surface area contributed by atoms with Crippen LogP contribution in [0.4, 0.5) is 10.1 Å². The van der Waals surface area contributed by atoms with E-state index >= 15 is 0 Å². The molecule has 1 aromatic carbocycles. The molecule has 3 rings (SSSR count). The smallest absolute Gasteiger partial charge is 0.277 e. The summed E-state index contributed by atoms with van der Waals surface area (Å²) >= 11 is 0. The number of benzene rings is 1. The predicted molar refractivity (Wildman–Crippen MR) is 78.4 cm³/mol. The third-order valence-corrected chi connectivity index (χ3v) is 3.53. The molecule has 1 aliphatic rings. The first-order chi connectivity index (χ1) is 10.2. The monoisotopic (exact) mass is 285 g/mol. The quantitative estimate of drug-likeness (QED) is 0.939. The first-order valence-corrected chi connectivity index (χ1v) is 6.93. The van der Waals surface area contributed by atoms with Crippen molar-refractivity contribution in [3.63, 3.8) is 0 Å². The molecule has 2 N–H and O–H groups in total. The van der Waals surface area contributed by atoms with Crippen LogP contribution in [0.2, 0.25) is 0 Å². The molecule has 2 aromatic rings. The van der Waals surface area contributed by atoms with Crippen LogP contribution in [0, 0.1) is 5.82 Å². The average molecular weight is 285 g/mol. The lowest BCUT2D eigenvalue weighted by Crippen LogP contribution is -2.33. The highest BCUT2D eigenvalue weighted by molar-refractivity contribution is 6.05. The predicted octanol–water partition coefficient (Wildman–Crippen LogP) is 2.49. The van der Waals surface area contributed by atoms with Crippen molar-refractivity contribution >= 4 is 11.6 Å². The standard InChI is InChI=1S/C16H16FN3O/c17-12-3-8-15(19-10-12)16(21)20(14-6-7-14)13-4-1-11(9-18)2-5-13/h1-5,8,10,14H,6-7,9,18H2. The van der Waals surface area contributed by atoms with Crippen LogP contribution < -0.4 is 10.6 Å². The average Bonchev–Trinajstić information content (AvgIpc) is 3.33. The van der Waals surface area contributed by atoms with E-state index in [1.807, 2.05) is 24.3 Å². The van der Waals surface area contributed by atoms with E-state index in [1.165, 1.54) is 12.1 Å². The van der Waals surface area contributed by atoms with Gasteiger partial charge in [0.25, 0.3) is 5.91 Å². The van der Waals surface area contributed by atoms with E-state index in [4.69, 9.17) is 5.73 Å². The molecule has 0 radical (unpaired) electrons. The number of halogens is 1. The zero-order valence-electron chi connectivity index (χ0n) is 11.5. The second-order valence-electron chi connectivity index (χ2n) is 5.14. The molecule has 1 aliphatic carbocycles. The van der Waals surface area contributed by atoms with Crippen molar-refractivity contribution in [2.24, 2.45) is 5.73 Å². The molecule has 0 spiro atoms. The van der Waals surface area contributed by atoms with Gasteiger partial charge in [0.1, 0.15) is 11.5 Å². The Kier molecular flexibility index (Phi) is 3.66. The van der Waals surface area contributed by atoms with Crippen molar-refractivity contribution in [1.29, 1.82) is 0 Å². The summed E-state index contributed by atoms with van der Waals surface area (Å²) in [5.41, 5.74) is 7.68. The zero-order chi connectivity index (χ0) is 14.8. The van der Waals surface area contributed by atoms with Gasteiger partial charge in [-0.05, 0) is 42.7 Å². The Hall–Kier alpha value is -2.27. The Morgan fingerprint density at radius 2 is 1.95 bits per heavy atom. The number of aromatic nitrogens is 1. The molecule has 5 heteroatoms. The van der Waals surface area contributed by atoms with Crippen LogP contribution in [0.1, 0.15) is 28.9 Å². The fraction of sp³-hybridized carbons (Fsp3) is 0.250. The molecule has 1 heterocycles. The van der Waals surface area contributed by atoms with Crippen molar-refractivity contribution in [1.82, 2.24) is 4.98 Å². The molecule has 1 aromatic heterocycles. The van der Waals surface area contributed by atoms with Crippen molar-refractivity contribution in [2.75, 3.05) is 4.90 Å². The summed E-state index contributed by atoms with van der Waals surface area (Å²) < 4.78 is 12.9. The maximum Gasteiger partial charge on any atom is 0.277 e. The molecule has 0 saturated heterocycles. The van der Waals surface area contributed by atoms with E-state index < -0.39 is 5.82 Å². The molecule has 0 bridgehead atoms. The molecule has 0 unspecified atom stereocenters. The van der Waals surface area contributed by atoms with Gasteiger partial charge >= 0.3 is 0 Å². The Bertz CT molecular complexity index is 636. The van der Waals surface area contributed by atoms with Crippen LogP contribution in [0.5, 0.6) is 0 Å². The van der Waals surface area contributed by atoms with E-state index in [0.717, 1.165) is 30.3 Å². The van der Waals surface area contributed by atoms with Gasteiger partial charge in [0, 0.05) is 18.3 Å². The van der Waals surface area contributed by atoms with Crippen molar-refractivity contribution in [3.05, 3.63) is 59.7 Å². The minimum absolute atomic E-state index is 0.196. The third kappa shape index (κ3) is 2.92. The highest BCUT2D eigenvalue weighted by Crippen LogP contribution is 2.33. The van der Waals surface area contributed by atoms with Crippen LogP contribution >= 0.6 is 0 Å². The van der Waals surface area contributed by atoms with Crippen LogP contribution in [0.15, 0.2) is 42.6 Å². The number of nitrogens with two attached hydrogens (primary N) is 1. The lowest BCUT2D eigenvalue weighted by Gasteiger charge is -2.22. The summed E-state index contributed by atoms with van der Waals surface area (Å²) in [6.45, 7) is 0.469. The molecule has 0 atom stereocenters. The normalized spacial score (nSPS) is 14.0. The van der Waals surface area contributed by atoms with Gasteiger partial charge in [-0.1, -0.05) is 12.1 Å². The number of anilines is 1. The van der Waals surface area contributed by atoms with E-state index in [1.54, 1.807) is 4.90 Å². The lowest BCUT2D eigenvalue weighted by molar-refractivity contribution is 0.0980. The Labute approximate surface area is 122 Å². The second-order valence-corrected chi connectivity index (χ2v) is 5.14. The van der Waals surface area contributed by atoms with Crippen molar-refractivity contribution in [3.8, 4) is 0 Å². The van der Waals surface area contributed by atoms with Gasteiger partial charge in [0.15, 0.2) is 0 Å². The summed E-state index contributed by atoms with van der Waals surface area (Å²) in [6, 6.07) is 10.5. The third-order valence-electron chi connectivity index (χ3n) is 3.53. The largest absolute Gasteiger partial charge is 0.326 e. The molecule has 21 heavy (non-hydrogen) atoms. The number of pyridine rings is 1. The molecule has 108 valence electrons. The number of nitrogens with zero attached hydrogens (tertiary/aromatic N) is 2. The number of amides is 1. The molecular weight excluding hydrogens is 269 g/mol. The summed E-state index contributed by atoms with van der Waals surface area (Å²) in [4.78, 5) is 18.2. The van der Waals surface area contributed by atoms with E-state index in [2.05, 4.69) is 4.98 Å². The van der Waals surface area contributed by atoms with Crippen LogP contribution in [0.25, 0.3) is 0 Å². The molecule has 1 saturated carbocycles. The lowest BCUT2D eigenvalue weighted by atomic mass is 10.2. The Balaban J connectivity index is 1.90. The first-order valence-electron chi connectivity index (χ1n) is 6.93. The maximum atomic E-state index is 12.9. The number of carbonyl (C=O) groups is 1. The Morgan fingerprint density at radius 3 is 2.48 bits per heavy atom. The van der Waals surface area contributed by atoms with Gasteiger partial charge in [-0.3, -0.25) is 4.79 Å². The zero-order valence-corrected chi connectivity index (χ0v) is 11.5. The molecule has 1 amide bonds. The minimum Gasteiger partial charge on any atom is -0.326 e. The molecule has 0 aliphatic heterocycles. The fourth-order valence-corrected chi connectivity index (χ4v) is 2.24. The van der Waals surface area contributed by atoms with Gasteiger partial charge in [0.2, 0.25) is 0 Å². The number of hydrogen-bond acceptors (Lipinski definition) is 3. The van der Waals surface area contributed by atoms with Gasteiger partial charge in [0.05, 0.1) is 6.20 Å². The van der Waals surface area contributed by atoms with Crippen molar-refractivity contribution < 1.29 is 9.18 Å². The number of hydrogen-bond donors (Lipinski definition) is 1. The molecule has 1 fully saturated rings. The Morgan fingerprint density at radius 1 is 1.24 bits per heavy atom. The number of carbonyl (C=O) groups excluding carboxylic acids is 1. The van der Waals surface area contributed by atoms with Crippen LogP contribution in [0.3, 0.4) is 0 Å². The highest BCUT2D eigenvalue weighted by Gasteiger charge is 2.34. The van der Waals surface area contributed by atoms with Gasteiger partial charge in [-0.15, -0.1) is 0 Å². The van der Waals surface area contributed by atoms with Crippen LogP contribution in [-0.2, 0) is 6.54 Å². The topological polar surface area (TPSA) is 59.2 Å². The fourth-order valence-electron chi connectivity index (χ4n) is 2.24. The van der Waals surface area contributed by atoms with E-state index in [9.17, 15) is 9.18 Å². The highest BCUT2D eigenvalue weighted by atomic mass is 19.1. The van der Waals surface area contributed by atoms with E-state index in [0.29, 0.717) is 6.54 Å². The first kappa shape index (κ1) is 13.7. The summed E-state index contributed by atoms with van der Waals surface area (Å²) in [6.07, 6.45) is 3.02. The molecule has 4 nitrogen and oxygen atoms in total. The SMILES string of the molecule is NCc1ccc(N(C(=O)c2ccc(F)cn2)C2CC2)cc1. The van der Waals surface area contributed by atoms with Crippen molar-refractivity contribution in [2.45, 2.75) is 25.4 Å². The molecular formula is C16H16FN3O. The van der Waals surface area contributed by atoms with Gasteiger partial charge in [-0.2, -0.15) is 0 Å². The number of rotatable bonds is 4. The second kappa shape index (κ2) is 5.61. The van der Waals surface area contributed by atoms with Gasteiger partial charge < -0.3 is 10.6 Å². The summed E-state index contributed by atoms with van der Waals surface area (Å²) in [7, 11) is 0. The van der Waals surface area contributed by atoms with Crippen LogP contribution in [-0.4, -0.2) is 16.9 Å².